The molecule has 0 unspecified atom stereocenters. The highest BCUT2D eigenvalue weighted by atomic mass is 16.2. The molecule has 0 bridgehead atoms. The second-order valence-electron chi connectivity index (χ2n) is 4.15. The molecule has 0 aliphatic rings. The van der Waals surface area contributed by atoms with Gasteiger partial charge in [-0.2, -0.15) is 0 Å². The Morgan fingerprint density at radius 3 is 2.42 bits per heavy atom. The summed E-state index contributed by atoms with van der Waals surface area (Å²) in [4.78, 5) is 23.1. The molecular formula is C14H21N3O2. The summed E-state index contributed by atoms with van der Waals surface area (Å²) in [5.41, 5.74) is 0.555. The molecule has 0 aromatic heterocycles. The van der Waals surface area contributed by atoms with Crippen molar-refractivity contribution in [3.63, 3.8) is 0 Å². The van der Waals surface area contributed by atoms with Crippen LogP contribution < -0.4 is 16.0 Å². The molecule has 1 aromatic carbocycles. The summed E-state index contributed by atoms with van der Waals surface area (Å²) in [7, 11) is 0. The molecule has 19 heavy (non-hydrogen) atoms. The summed E-state index contributed by atoms with van der Waals surface area (Å²) < 4.78 is 0. The van der Waals surface area contributed by atoms with E-state index in [2.05, 4.69) is 22.9 Å². The summed E-state index contributed by atoms with van der Waals surface area (Å²) in [6.45, 7) is 4.35. The molecule has 0 aliphatic carbocycles. The fourth-order valence-electron chi connectivity index (χ4n) is 1.51. The standard InChI is InChI=1S/C14H21N3O2/c1-2-8-15-9-10-16-13(18)11-17-14(19)12-6-4-3-5-7-12/h3-7,15H,2,8-11H2,1H3,(H,16,18)(H,17,19). The Labute approximate surface area is 113 Å². The van der Waals surface area contributed by atoms with Gasteiger partial charge in [-0.3, -0.25) is 9.59 Å². The predicted molar refractivity (Wildman–Crippen MR) is 74.9 cm³/mol. The average Bonchev–Trinajstić information content (AvgIpc) is 2.45. The fraction of sp³-hybridized carbons (Fsp3) is 0.429. The Kier molecular flexibility index (Phi) is 7.27. The summed E-state index contributed by atoms with van der Waals surface area (Å²) >= 11 is 0. The zero-order valence-electron chi connectivity index (χ0n) is 11.2. The number of benzene rings is 1. The molecule has 2 amide bonds. The van der Waals surface area contributed by atoms with Gasteiger partial charge in [0.15, 0.2) is 0 Å². The molecule has 5 heteroatoms. The fourth-order valence-corrected chi connectivity index (χ4v) is 1.51. The largest absolute Gasteiger partial charge is 0.353 e. The van der Waals surface area contributed by atoms with Crippen molar-refractivity contribution in [1.82, 2.24) is 16.0 Å². The lowest BCUT2D eigenvalue weighted by molar-refractivity contribution is -0.120. The van der Waals surface area contributed by atoms with Gasteiger partial charge in [-0.05, 0) is 25.1 Å². The maximum Gasteiger partial charge on any atom is 0.251 e. The highest BCUT2D eigenvalue weighted by molar-refractivity contribution is 5.96. The van der Waals surface area contributed by atoms with Crippen LogP contribution in [-0.2, 0) is 4.79 Å². The van der Waals surface area contributed by atoms with Crippen LogP contribution in [0, 0.1) is 0 Å². The maximum atomic E-state index is 11.7. The Morgan fingerprint density at radius 2 is 1.74 bits per heavy atom. The van der Waals surface area contributed by atoms with E-state index >= 15 is 0 Å². The molecule has 0 atom stereocenters. The molecule has 5 nitrogen and oxygen atoms in total. The Hall–Kier alpha value is -1.88. The monoisotopic (exact) mass is 263 g/mol. The average molecular weight is 263 g/mol. The molecule has 0 fully saturated rings. The van der Waals surface area contributed by atoms with Crippen LogP contribution in [0.2, 0.25) is 0 Å². The van der Waals surface area contributed by atoms with Gasteiger partial charge < -0.3 is 16.0 Å². The van der Waals surface area contributed by atoms with Crippen LogP contribution in [0.5, 0.6) is 0 Å². The first-order valence-corrected chi connectivity index (χ1v) is 6.54. The lowest BCUT2D eigenvalue weighted by Crippen LogP contribution is -2.39. The van der Waals surface area contributed by atoms with Crippen LogP contribution in [0.4, 0.5) is 0 Å². The van der Waals surface area contributed by atoms with Crippen molar-refractivity contribution in [2.75, 3.05) is 26.2 Å². The first kappa shape index (κ1) is 15.2. The normalized spacial score (nSPS) is 9.95. The van der Waals surface area contributed by atoms with Crippen molar-refractivity contribution < 1.29 is 9.59 Å². The zero-order valence-corrected chi connectivity index (χ0v) is 11.2. The van der Waals surface area contributed by atoms with Crippen molar-refractivity contribution in [3.05, 3.63) is 35.9 Å². The number of hydrogen-bond donors (Lipinski definition) is 3. The van der Waals surface area contributed by atoms with Crippen molar-refractivity contribution in [2.45, 2.75) is 13.3 Å². The van der Waals surface area contributed by atoms with Gasteiger partial charge in [0.1, 0.15) is 0 Å². The van der Waals surface area contributed by atoms with Gasteiger partial charge in [-0.25, -0.2) is 0 Å². The van der Waals surface area contributed by atoms with E-state index in [9.17, 15) is 9.59 Å². The molecule has 0 spiro atoms. The lowest BCUT2D eigenvalue weighted by atomic mass is 10.2. The van der Waals surface area contributed by atoms with E-state index in [1.807, 2.05) is 6.07 Å². The highest BCUT2D eigenvalue weighted by Crippen LogP contribution is 1.96. The molecule has 0 saturated carbocycles. The number of carbonyl (C=O) groups excluding carboxylic acids is 2. The molecule has 1 rings (SSSR count). The second-order valence-corrected chi connectivity index (χ2v) is 4.15. The summed E-state index contributed by atoms with van der Waals surface area (Å²) in [6.07, 6.45) is 1.07. The third kappa shape index (κ3) is 6.57. The third-order valence-electron chi connectivity index (χ3n) is 2.50. The van der Waals surface area contributed by atoms with E-state index in [1.54, 1.807) is 24.3 Å². The molecule has 0 heterocycles. The first-order chi connectivity index (χ1) is 9.24. The Morgan fingerprint density at radius 1 is 1.00 bits per heavy atom. The van der Waals surface area contributed by atoms with Crippen molar-refractivity contribution in [2.24, 2.45) is 0 Å². The lowest BCUT2D eigenvalue weighted by Gasteiger charge is -2.07. The summed E-state index contributed by atoms with van der Waals surface area (Å²) in [5, 5.41) is 8.49. The van der Waals surface area contributed by atoms with E-state index < -0.39 is 0 Å². The highest BCUT2D eigenvalue weighted by Gasteiger charge is 2.06. The van der Waals surface area contributed by atoms with Crippen LogP contribution in [0.25, 0.3) is 0 Å². The number of amides is 2. The van der Waals surface area contributed by atoms with Crippen molar-refractivity contribution in [1.29, 1.82) is 0 Å². The van der Waals surface area contributed by atoms with Gasteiger partial charge in [0, 0.05) is 18.7 Å². The van der Waals surface area contributed by atoms with Gasteiger partial charge in [-0.1, -0.05) is 25.1 Å². The summed E-state index contributed by atoms with van der Waals surface area (Å²) in [6, 6.07) is 8.83. The van der Waals surface area contributed by atoms with E-state index in [0.717, 1.165) is 19.5 Å². The topological polar surface area (TPSA) is 70.2 Å². The summed E-state index contributed by atoms with van der Waals surface area (Å²) in [5.74, 6) is -0.414. The number of hydrogen-bond acceptors (Lipinski definition) is 3. The number of nitrogens with one attached hydrogen (secondary N) is 3. The minimum atomic E-state index is -0.236. The van der Waals surface area contributed by atoms with Gasteiger partial charge in [0.05, 0.1) is 6.54 Å². The van der Waals surface area contributed by atoms with E-state index in [1.165, 1.54) is 0 Å². The third-order valence-corrected chi connectivity index (χ3v) is 2.50. The molecular weight excluding hydrogens is 242 g/mol. The molecule has 0 saturated heterocycles. The molecule has 0 radical (unpaired) electrons. The SMILES string of the molecule is CCCNCCNC(=O)CNC(=O)c1ccccc1. The van der Waals surface area contributed by atoms with E-state index in [0.29, 0.717) is 12.1 Å². The van der Waals surface area contributed by atoms with Crippen molar-refractivity contribution >= 4 is 11.8 Å². The molecule has 104 valence electrons. The van der Waals surface area contributed by atoms with Crippen LogP contribution in [0.1, 0.15) is 23.7 Å². The first-order valence-electron chi connectivity index (χ1n) is 6.54. The predicted octanol–water partition coefficient (Wildman–Crippen LogP) is 0.532. The van der Waals surface area contributed by atoms with Gasteiger partial charge in [0.2, 0.25) is 5.91 Å². The van der Waals surface area contributed by atoms with Crippen LogP contribution in [-0.4, -0.2) is 38.0 Å². The van der Waals surface area contributed by atoms with Crippen LogP contribution >= 0.6 is 0 Å². The maximum absolute atomic E-state index is 11.7. The van der Waals surface area contributed by atoms with E-state index in [4.69, 9.17) is 0 Å². The van der Waals surface area contributed by atoms with Gasteiger partial charge in [0.25, 0.3) is 5.91 Å². The zero-order chi connectivity index (χ0) is 13.9. The molecule has 3 N–H and O–H groups in total. The number of carbonyl (C=O) groups is 2. The van der Waals surface area contributed by atoms with Gasteiger partial charge >= 0.3 is 0 Å². The van der Waals surface area contributed by atoms with Crippen LogP contribution in [0.15, 0.2) is 30.3 Å². The molecule has 0 aliphatic heterocycles. The Bertz CT molecular complexity index is 393. The minimum Gasteiger partial charge on any atom is -0.353 e. The Balaban J connectivity index is 2.15. The van der Waals surface area contributed by atoms with Crippen LogP contribution in [0.3, 0.4) is 0 Å². The second kappa shape index (κ2) is 9.10. The molecule has 1 aromatic rings. The number of rotatable bonds is 8. The quantitative estimate of drug-likeness (QED) is 0.599. The van der Waals surface area contributed by atoms with Gasteiger partial charge in [-0.15, -0.1) is 0 Å². The minimum absolute atomic E-state index is 0.00149. The van der Waals surface area contributed by atoms with Crippen molar-refractivity contribution in [3.8, 4) is 0 Å². The smallest absolute Gasteiger partial charge is 0.251 e. The van der Waals surface area contributed by atoms with E-state index in [-0.39, 0.29) is 18.4 Å².